The monoisotopic (exact) mass is 328 g/mol. The number of para-hydroxylation sites is 1. The Morgan fingerprint density at radius 1 is 1.21 bits per heavy atom. The van der Waals surface area contributed by atoms with Crippen LogP contribution in [0.4, 0.5) is 10.5 Å². The molecule has 7 nitrogen and oxygen atoms in total. The zero-order valence-corrected chi connectivity index (χ0v) is 14.0. The van der Waals surface area contributed by atoms with Crippen molar-refractivity contribution >= 4 is 11.7 Å². The van der Waals surface area contributed by atoms with Crippen LogP contribution >= 0.6 is 0 Å². The number of nitrogens with one attached hydrogen (secondary N) is 2. The smallest absolute Gasteiger partial charge is 0.314 e. The van der Waals surface area contributed by atoms with E-state index in [1.165, 1.54) is 0 Å². The molecule has 2 amide bonds. The number of aryl methyl sites for hydroxylation is 1. The van der Waals surface area contributed by atoms with Crippen LogP contribution in [0.1, 0.15) is 18.1 Å². The lowest BCUT2D eigenvalue weighted by Gasteiger charge is -2.19. The number of nitrogens with zero attached hydrogens (tertiary/aromatic N) is 4. The molecule has 7 heteroatoms. The Balaban J connectivity index is 1.33. The number of hydrogen-bond donors (Lipinski definition) is 2. The molecule has 2 N–H and O–H groups in total. The van der Waals surface area contributed by atoms with Crippen LogP contribution < -0.4 is 15.5 Å². The Hall–Kier alpha value is -2.57. The van der Waals surface area contributed by atoms with Gasteiger partial charge in [-0.2, -0.15) is 0 Å². The molecule has 0 atom stereocenters. The second kappa shape index (κ2) is 7.81. The zero-order valence-electron chi connectivity index (χ0n) is 14.0. The molecule has 0 spiro atoms. The summed E-state index contributed by atoms with van der Waals surface area (Å²) in [6, 6.07) is 9.97. The maximum atomic E-state index is 11.8. The molecule has 0 saturated carbocycles. The minimum atomic E-state index is -0.141. The van der Waals surface area contributed by atoms with Crippen LogP contribution in [0.3, 0.4) is 0 Å². The lowest BCUT2D eigenvalue weighted by molar-refractivity contribution is 0.241. The molecule has 2 aromatic rings. The Morgan fingerprint density at radius 2 is 2.00 bits per heavy atom. The van der Waals surface area contributed by atoms with E-state index in [1.807, 2.05) is 25.2 Å². The third-order valence-corrected chi connectivity index (χ3v) is 4.25. The molecular weight excluding hydrogens is 304 g/mol. The van der Waals surface area contributed by atoms with E-state index in [4.69, 9.17) is 0 Å². The van der Waals surface area contributed by atoms with E-state index < -0.39 is 0 Å². The van der Waals surface area contributed by atoms with Gasteiger partial charge < -0.3 is 20.1 Å². The van der Waals surface area contributed by atoms with Gasteiger partial charge >= 0.3 is 6.03 Å². The molecule has 0 unspecified atom stereocenters. The molecule has 0 bridgehead atoms. The summed E-state index contributed by atoms with van der Waals surface area (Å²) in [6.07, 6.45) is 2.86. The Morgan fingerprint density at radius 3 is 2.83 bits per heavy atom. The topological polar surface area (TPSA) is 75.1 Å². The first-order valence-electron chi connectivity index (χ1n) is 8.43. The van der Waals surface area contributed by atoms with Crippen molar-refractivity contribution < 1.29 is 4.79 Å². The van der Waals surface area contributed by atoms with Crippen molar-refractivity contribution in [2.24, 2.45) is 0 Å². The Labute approximate surface area is 142 Å². The van der Waals surface area contributed by atoms with Crippen LogP contribution in [-0.2, 0) is 19.4 Å². The summed E-state index contributed by atoms with van der Waals surface area (Å²) in [5, 5.41) is 14.1. The van der Waals surface area contributed by atoms with Crippen LogP contribution in [0, 0.1) is 0 Å². The van der Waals surface area contributed by atoms with Crippen LogP contribution in [-0.4, -0.2) is 47.5 Å². The van der Waals surface area contributed by atoms with Gasteiger partial charge in [0, 0.05) is 51.8 Å². The van der Waals surface area contributed by atoms with Gasteiger partial charge in [-0.3, -0.25) is 0 Å². The fourth-order valence-electron chi connectivity index (χ4n) is 2.89. The summed E-state index contributed by atoms with van der Waals surface area (Å²) in [5.41, 5.74) is 1.14. The number of fused-ring (bicyclic) bond motifs is 1. The number of benzene rings is 1. The Bertz CT molecular complexity index is 669. The third-order valence-electron chi connectivity index (χ3n) is 4.25. The average molecular weight is 328 g/mol. The molecule has 0 radical (unpaired) electrons. The maximum Gasteiger partial charge on any atom is 0.314 e. The minimum Gasteiger partial charge on any atom is -0.373 e. The third kappa shape index (κ3) is 4.04. The standard InChI is InChI=1S/C17H24N6O/c1-22(14-6-3-2-4-7-14)13-11-19-17(24)18-10-9-16-21-20-15-8-5-12-23(15)16/h2-4,6-7H,5,8-13H2,1H3,(H2,18,19,24). The molecule has 1 aromatic carbocycles. The lowest BCUT2D eigenvalue weighted by Crippen LogP contribution is -2.40. The SMILES string of the molecule is CN(CCNC(=O)NCCc1nnc2n1CCC2)c1ccccc1. The number of urea groups is 1. The fraction of sp³-hybridized carbons (Fsp3) is 0.471. The quantitative estimate of drug-likeness (QED) is 0.801. The predicted octanol–water partition coefficient (Wildman–Crippen LogP) is 1.20. The van der Waals surface area contributed by atoms with Crippen molar-refractivity contribution in [2.75, 3.05) is 31.6 Å². The number of rotatable bonds is 7. The summed E-state index contributed by atoms with van der Waals surface area (Å²) in [5.74, 6) is 2.03. The van der Waals surface area contributed by atoms with Crippen molar-refractivity contribution in [2.45, 2.75) is 25.8 Å². The fourth-order valence-corrected chi connectivity index (χ4v) is 2.89. The van der Waals surface area contributed by atoms with Gasteiger partial charge in [0.2, 0.25) is 0 Å². The summed E-state index contributed by atoms with van der Waals surface area (Å²) in [4.78, 5) is 14.0. The van der Waals surface area contributed by atoms with Gasteiger partial charge in [0.15, 0.2) is 0 Å². The van der Waals surface area contributed by atoms with E-state index in [1.54, 1.807) is 0 Å². The Kier molecular flexibility index (Phi) is 5.30. The molecular formula is C17H24N6O. The molecule has 1 aliphatic rings. The maximum absolute atomic E-state index is 11.8. The van der Waals surface area contributed by atoms with Crippen LogP contribution in [0.15, 0.2) is 30.3 Å². The van der Waals surface area contributed by atoms with Crippen molar-refractivity contribution in [1.29, 1.82) is 0 Å². The number of aromatic nitrogens is 3. The second-order valence-corrected chi connectivity index (χ2v) is 5.98. The highest BCUT2D eigenvalue weighted by Crippen LogP contribution is 2.13. The van der Waals surface area contributed by atoms with E-state index in [-0.39, 0.29) is 6.03 Å². The van der Waals surface area contributed by atoms with E-state index in [2.05, 4.69) is 42.4 Å². The summed E-state index contributed by atoms with van der Waals surface area (Å²) in [6.45, 7) is 2.92. The van der Waals surface area contributed by atoms with Crippen molar-refractivity contribution in [3.05, 3.63) is 42.0 Å². The van der Waals surface area contributed by atoms with E-state index in [0.29, 0.717) is 19.5 Å². The van der Waals surface area contributed by atoms with Gasteiger partial charge in [-0.1, -0.05) is 18.2 Å². The van der Waals surface area contributed by atoms with Gasteiger partial charge in [0.1, 0.15) is 11.6 Å². The number of likely N-dealkylation sites (N-methyl/N-ethyl adjacent to an activating group) is 1. The zero-order chi connectivity index (χ0) is 16.8. The van der Waals surface area contributed by atoms with Crippen molar-refractivity contribution in [3.8, 4) is 0 Å². The van der Waals surface area contributed by atoms with Crippen molar-refractivity contribution in [1.82, 2.24) is 25.4 Å². The first-order valence-corrected chi connectivity index (χ1v) is 8.43. The number of carbonyl (C=O) groups excluding carboxylic acids is 1. The van der Waals surface area contributed by atoms with E-state index in [9.17, 15) is 4.79 Å². The highest BCUT2D eigenvalue weighted by atomic mass is 16.2. The molecule has 3 rings (SSSR count). The molecule has 0 fully saturated rings. The second-order valence-electron chi connectivity index (χ2n) is 5.98. The van der Waals surface area contributed by atoms with Gasteiger partial charge in [0.05, 0.1) is 0 Å². The molecule has 0 aliphatic carbocycles. The summed E-state index contributed by atoms with van der Waals surface area (Å²) >= 11 is 0. The van der Waals surface area contributed by atoms with E-state index >= 15 is 0 Å². The highest BCUT2D eigenvalue weighted by Gasteiger charge is 2.16. The van der Waals surface area contributed by atoms with Gasteiger partial charge in [-0.15, -0.1) is 10.2 Å². The first kappa shape index (κ1) is 16.3. The van der Waals surface area contributed by atoms with Crippen LogP contribution in [0.25, 0.3) is 0 Å². The normalized spacial score (nSPS) is 12.7. The number of anilines is 1. The number of carbonyl (C=O) groups is 1. The van der Waals surface area contributed by atoms with Crippen LogP contribution in [0.2, 0.25) is 0 Å². The largest absolute Gasteiger partial charge is 0.373 e. The van der Waals surface area contributed by atoms with Gasteiger partial charge in [0.25, 0.3) is 0 Å². The molecule has 1 aliphatic heterocycles. The highest BCUT2D eigenvalue weighted by molar-refractivity contribution is 5.73. The number of hydrogen-bond acceptors (Lipinski definition) is 4. The molecule has 2 heterocycles. The minimum absolute atomic E-state index is 0.141. The number of amides is 2. The summed E-state index contributed by atoms with van der Waals surface area (Å²) in [7, 11) is 2.01. The predicted molar refractivity (Wildman–Crippen MR) is 93.2 cm³/mol. The molecule has 24 heavy (non-hydrogen) atoms. The van der Waals surface area contributed by atoms with Crippen LogP contribution in [0.5, 0.6) is 0 Å². The van der Waals surface area contributed by atoms with Gasteiger partial charge in [-0.05, 0) is 18.6 Å². The lowest BCUT2D eigenvalue weighted by atomic mass is 10.3. The average Bonchev–Trinajstić information content (AvgIpc) is 3.20. The summed E-state index contributed by atoms with van der Waals surface area (Å²) < 4.78 is 2.16. The van der Waals surface area contributed by atoms with E-state index in [0.717, 1.165) is 43.3 Å². The van der Waals surface area contributed by atoms with Gasteiger partial charge in [-0.25, -0.2) is 4.79 Å². The molecule has 1 aromatic heterocycles. The first-order chi connectivity index (χ1) is 11.7. The molecule has 0 saturated heterocycles. The van der Waals surface area contributed by atoms with Crippen molar-refractivity contribution in [3.63, 3.8) is 0 Å². The molecule has 128 valence electrons.